The molecule has 0 aromatic heterocycles. The SMILES string of the molecule is CCCC(C(=O)N(C)OCCO)C1CCSS1. The maximum atomic E-state index is 12.2. The summed E-state index contributed by atoms with van der Waals surface area (Å²) in [6.45, 7) is 2.21. The molecule has 0 aliphatic carbocycles. The first-order chi connectivity index (χ1) is 8.20. The molecule has 1 N–H and O–H groups in total. The van der Waals surface area contributed by atoms with Crippen molar-refractivity contribution < 1.29 is 14.7 Å². The second kappa shape index (κ2) is 8.24. The van der Waals surface area contributed by atoms with E-state index in [-0.39, 0.29) is 25.0 Å². The van der Waals surface area contributed by atoms with E-state index in [9.17, 15) is 4.79 Å². The summed E-state index contributed by atoms with van der Waals surface area (Å²) in [4.78, 5) is 17.4. The van der Waals surface area contributed by atoms with E-state index >= 15 is 0 Å². The van der Waals surface area contributed by atoms with E-state index in [4.69, 9.17) is 9.94 Å². The van der Waals surface area contributed by atoms with E-state index in [0.717, 1.165) is 25.0 Å². The maximum absolute atomic E-state index is 12.2. The summed E-state index contributed by atoms with van der Waals surface area (Å²) in [6.07, 6.45) is 3.01. The van der Waals surface area contributed by atoms with Crippen molar-refractivity contribution in [2.45, 2.75) is 31.4 Å². The molecular formula is C11H21NO3S2. The number of aliphatic hydroxyl groups is 1. The van der Waals surface area contributed by atoms with Gasteiger partial charge in [0.25, 0.3) is 0 Å². The van der Waals surface area contributed by atoms with Crippen molar-refractivity contribution in [3.05, 3.63) is 0 Å². The van der Waals surface area contributed by atoms with E-state index in [1.807, 2.05) is 21.6 Å². The van der Waals surface area contributed by atoms with Crippen molar-refractivity contribution in [1.29, 1.82) is 0 Å². The summed E-state index contributed by atoms with van der Waals surface area (Å²) in [5, 5.41) is 10.4. The van der Waals surface area contributed by atoms with Gasteiger partial charge in [-0.05, 0) is 12.8 Å². The molecule has 0 saturated carbocycles. The van der Waals surface area contributed by atoms with Gasteiger partial charge >= 0.3 is 0 Å². The van der Waals surface area contributed by atoms with Crippen LogP contribution in [0, 0.1) is 5.92 Å². The molecule has 6 heteroatoms. The fourth-order valence-corrected chi connectivity index (χ4v) is 5.03. The van der Waals surface area contributed by atoms with Crippen LogP contribution in [0.1, 0.15) is 26.2 Å². The summed E-state index contributed by atoms with van der Waals surface area (Å²) in [7, 11) is 5.31. The van der Waals surface area contributed by atoms with Crippen molar-refractivity contribution in [3.63, 3.8) is 0 Å². The first-order valence-electron chi connectivity index (χ1n) is 6.00. The largest absolute Gasteiger partial charge is 0.394 e. The number of hydrogen-bond acceptors (Lipinski definition) is 5. The molecular weight excluding hydrogens is 258 g/mol. The van der Waals surface area contributed by atoms with Crippen LogP contribution in [0.2, 0.25) is 0 Å². The fourth-order valence-electron chi connectivity index (χ4n) is 1.87. The summed E-state index contributed by atoms with van der Waals surface area (Å²) >= 11 is 0. The van der Waals surface area contributed by atoms with Crippen molar-refractivity contribution in [2.75, 3.05) is 26.0 Å². The Morgan fingerprint density at radius 2 is 2.41 bits per heavy atom. The van der Waals surface area contributed by atoms with Crippen LogP contribution in [0.3, 0.4) is 0 Å². The maximum Gasteiger partial charge on any atom is 0.250 e. The fraction of sp³-hybridized carbons (Fsp3) is 0.909. The summed E-state index contributed by atoms with van der Waals surface area (Å²) < 4.78 is 0. The van der Waals surface area contributed by atoms with Gasteiger partial charge in [0.1, 0.15) is 0 Å². The predicted molar refractivity (Wildman–Crippen MR) is 72.7 cm³/mol. The molecule has 1 aliphatic heterocycles. The van der Waals surface area contributed by atoms with Crippen molar-refractivity contribution in [1.82, 2.24) is 5.06 Å². The lowest BCUT2D eigenvalue weighted by atomic mass is 9.96. The van der Waals surface area contributed by atoms with Gasteiger partial charge in [-0.2, -0.15) is 0 Å². The lowest BCUT2D eigenvalue weighted by Crippen LogP contribution is -2.37. The van der Waals surface area contributed by atoms with Crippen LogP contribution in [-0.4, -0.2) is 47.3 Å². The Bertz CT molecular complexity index is 235. The molecule has 1 amide bonds. The first-order valence-corrected chi connectivity index (χ1v) is 8.38. The van der Waals surface area contributed by atoms with Crippen LogP contribution < -0.4 is 0 Å². The van der Waals surface area contributed by atoms with Crippen molar-refractivity contribution in [2.24, 2.45) is 5.92 Å². The third-order valence-corrected chi connectivity index (χ3v) is 5.73. The number of hydroxylamine groups is 2. The van der Waals surface area contributed by atoms with E-state index in [0.29, 0.717) is 5.25 Å². The molecule has 0 bridgehead atoms. The Kier molecular flexibility index (Phi) is 7.34. The molecule has 1 rings (SSSR count). The third-order valence-electron chi connectivity index (χ3n) is 2.73. The highest BCUT2D eigenvalue weighted by molar-refractivity contribution is 8.77. The van der Waals surface area contributed by atoms with Crippen LogP contribution in [-0.2, 0) is 9.63 Å². The van der Waals surface area contributed by atoms with E-state index in [1.54, 1.807) is 7.05 Å². The lowest BCUT2D eigenvalue weighted by molar-refractivity contribution is -0.185. The van der Waals surface area contributed by atoms with E-state index < -0.39 is 0 Å². The van der Waals surface area contributed by atoms with Crippen LogP contribution in [0.4, 0.5) is 0 Å². The van der Waals surface area contributed by atoms with Gasteiger partial charge in [0.05, 0.1) is 19.1 Å². The minimum atomic E-state index is -0.0654. The highest BCUT2D eigenvalue weighted by Crippen LogP contribution is 2.43. The predicted octanol–water partition coefficient (Wildman–Crippen LogP) is 1.94. The Balaban J connectivity index is 2.52. The molecule has 1 fully saturated rings. The van der Waals surface area contributed by atoms with E-state index in [2.05, 4.69) is 6.92 Å². The molecule has 2 atom stereocenters. The minimum Gasteiger partial charge on any atom is -0.394 e. The van der Waals surface area contributed by atoms with Crippen LogP contribution >= 0.6 is 21.6 Å². The van der Waals surface area contributed by atoms with Gasteiger partial charge in [0, 0.05) is 18.1 Å². The number of aliphatic hydroxyl groups excluding tert-OH is 1. The van der Waals surface area contributed by atoms with Crippen LogP contribution in [0.5, 0.6) is 0 Å². The minimum absolute atomic E-state index is 0.0419. The quantitative estimate of drug-likeness (QED) is 0.570. The summed E-state index contributed by atoms with van der Waals surface area (Å²) in [6, 6.07) is 0. The molecule has 17 heavy (non-hydrogen) atoms. The second-order valence-electron chi connectivity index (χ2n) is 4.03. The molecule has 100 valence electrons. The number of rotatable bonds is 7. The average Bonchev–Trinajstić information content (AvgIpc) is 2.85. The standard InChI is InChI=1S/C11H21NO3S2/c1-3-4-9(10-5-8-16-17-10)11(14)12(2)15-7-6-13/h9-10,13H,3-8H2,1-2H3. The molecule has 2 unspecified atom stereocenters. The molecule has 1 heterocycles. The normalized spacial score (nSPS) is 21.5. The van der Waals surface area contributed by atoms with Gasteiger partial charge < -0.3 is 5.11 Å². The highest BCUT2D eigenvalue weighted by atomic mass is 33.1. The van der Waals surface area contributed by atoms with Gasteiger partial charge in [-0.1, -0.05) is 34.9 Å². The van der Waals surface area contributed by atoms with Gasteiger partial charge in [-0.15, -0.1) is 0 Å². The lowest BCUT2D eigenvalue weighted by Gasteiger charge is -2.25. The highest BCUT2D eigenvalue weighted by Gasteiger charge is 2.33. The number of carbonyl (C=O) groups excluding carboxylic acids is 1. The Labute approximate surface area is 111 Å². The topological polar surface area (TPSA) is 49.8 Å². The number of nitrogens with zero attached hydrogens (tertiary/aromatic N) is 1. The van der Waals surface area contributed by atoms with E-state index in [1.165, 1.54) is 5.06 Å². The zero-order chi connectivity index (χ0) is 12.7. The monoisotopic (exact) mass is 279 g/mol. The smallest absolute Gasteiger partial charge is 0.250 e. The Hall–Kier alpha value is 0.0900. The number of amides is 1. The molecule has 4 nitrogen and oxygen atoms in total. The Morgan fingerprint density at radius 3 is 2.94 bits per heavy atom. The molecule has 0 aromatic rings. The number of hydrogen-bond donors (Lipinski definition) is 1. The third kappa shape index (κ3) is 4.69. The molecule has 0 aromatic carbocycles. The molecule has 0 radical (unpaired) electrons. The molecule has 1 saturated heterocycles. The summed E-state index contributed by atoms with van der Waals surface area (Å²) in [5.74, 6) is 1.22. The van der Waals surface area contributed by atoms with Gasteiger partial charge in [0.2, 0.25) is 5.91 Å². The van der Waals surface area contributed by atoms with Crippen molar-refractivity contribution in [3.8, 4) is 0 Å². The second-order valence-corrected chi connectivity index (χ2v) is 6.76. The molecule has 1 aliphatic rings. The Morgan fingerprint density at radius 1 is 1.65 bits per heavy atom. The van der Waals surface area contributed by atoms with Crippen LogP contribution in [0.15, 0.2) is 0 Å². The average molecular weight is 279 g/mol. The van der Waals surface area contributed by atoms with Gasteiger partial charge in [-0.25, -0.2) is 5.06 Å². The molecule has 0 spiro atoms. The zero-order valence-electron chi connectivity index (χ0n) is 10.4. The van der Waals surface area contributed by atoms with Crippen LogP contribution in [0.25, 0.3) is 0 Å². The number of carbonyl (C=O) groups is 1. The van der Waals surface area contributed by atoms with Gasteiger partial charge in [0.15, 0.2) is 0 Å². The first kappa shape index (κ1) is 15.1. The summed E-state index contributed by atoms with van der Waals surface area (Å²) in [5.41, 5.74) is 0. The van der Waals surface area contributed by atoms with Gasteiger partial charge in [-0.3, -0.25) is 9.63 Å². The van der Waals surface area contributed by atoms with Crippen molar-refractivity contribution >= 4 is 27.5 Å². The zero-order valence-corrected chi connectivity index (χ0v) is 12.1.